The third kappa shape index (κ3) is 6.34. The van der Waals surface area contributed by atoms with Gasteiger partial charge in [0.2, 0.25) is 5.91 Å². The second kappa shape index (κ2) is 11.3. The Labute approximate surface area is 204 Å². The van der Waals surface area contributed by atoms with Crippen LogP contribution in [0.5, 0.6) is 0 Å². The minimum Gasteiger partial charge on any atom is -0.342 e. The number of carbonyl (C=O) groups is 2. The minimum atomic E-state index is -0.515. The van der Waals surface area contributed by atoms with Crippen LogP contribution in [0.3, 0.4) is 0 Å². The molecule has 2 aromatic carbocycles. The van der Waals surface area contributed by atoms with Crippen molar-refractivity contribution < 1.29 is 14.0 Å². The van der Waals surface area contributed by atoms with Crippen molar-refractivity contribution in [3.63, 3.8) is 0 Å². The number of amides is 2. The Morgan fingerprint density at radius 3 is 2.70 bits per heavy atom. The Morgan fingerprint density at radius 2 is 2.00 bits per heavy atom. The molecule has 0 saturated carbocycles. The fourth-order valence-corrected chi connectivity index (χ4v) is 4.17. The summed E-state index contributed by atoms with van der Waals surface area (Å²) in [5.74, 6) is -0.831. The predicted octanol–water partition coefficient (Wildman–Crippen LogP) is 5.13. The van der Waals surface area contributed by atoms with E-state index < -0.39 is 23.7 Å². The minimum absolute atomic E-state index is 0.00919. The maximum Gasteiger partial charge on any atom is 0.253 e. The third-order valence-electron chi connectivity index (χ3n) is 4.45. The zero-order valence-corrected chi connectivity index (χ0v) is 19.8. The van der Waals surface area contributed by atoms with Gasteiger partial charge in [-0.1, -0.05) is 53.2 Å². The van der Waals surface area contributed by atoms with Gasteiger partial charge in [-0.25, -0.2) is 4.39 Å². The first kappa shape index (κ1) is 24.8. The van der Waals surface area contributed by atoms with Crippen LogP contribution < -0.4 is 10.6 Å². The fraction of sp³-hybridized carbons (Fsp3) is 0.182. The van der Waals surface area contributed by atoms with Gasteiger partial charge in [-0.15, -0.1) is 16.8 Å². The number of hydrogen-bond donors (Lipinski definition) is 2. The largest absolute Gasteiger partial charge is 0.342 e. The van der Waals surface area contributed by atoms with Crippen LogP contribution >= 0.6 is 35.0 Å². The summed E-state index contributed by atoms with van der Waals surface area (Å²) in [6.07, 6.45) is 1.65. The molecular formula is C22H20Cl2FN5O2S. The van der Waals surface area contributed by atoms with Gasteiger partial charge < -0.3 is 15.2 Å². The molecule has 1 atom stereocenters. The Hall–Kier alpha value is -2.88. The van der Waals surface area contributed by atoms with Crippen molar-refractivity contribution in [1.29, 1.82) is 0 Å². The number of nitrogens with one attached hydrogen (secondary N) is 2. The zero-order chi connectivity index (χ0) is 24.0. The summed E-state index contributed by atoms with van der Waals surface area (Å²) in [6, 6.07) is 10.0. The molecule has 0 unspecified atom stereocenters. The number of halogens is 3. The van der Waals surface area contributed by atoms with E-state index >= 15 is 0 Å². The molecule has 2 amide bonds. The summed E-state index contributed by atoms with van der Waals surface area (Å²) in [5, 5.41) is 14.8. The number of thioether (sulfide) groups is 1. The van der Waals surface area contributed by atoms with E-state index in [0.717, 1.165) is 11.8 Å². The summed E-state index contributed by atoms with van der Waals surface area (Å²) in [5.41, 5.74) is 0.385. The second-order valence-electron chi connectivity index (χ2n) is 6.88. The first-order valence-electron chi connectivity index (χ1n) is 9.77. The van der Waals surface area contributed by atoms with E-state index in [2.05, 4.69) is 27.4 Å². The Morgan fingerprint density at radius 1 is 1.24 bits per heavy atom. The molecule has 0 fully saturated rings. The van der Waals surface area contributed by atoms with Crippen LogP contribution in [0.4, 0.5) is 10.1 Å². The summed E-state index contributed by atoms with van der Waals surface area (Å²) < 4.78 is 15.5. The van der Waals surface area contributed by atoms with Crippen molar-refractivity contribution in [2.45, 2.75) is 24.7 Å². The highest BCUT2D eigenvalue weighted by molar-refractivity contribution is 7.99. The van der Waals surface area contributed by atoms with Crippen LogP contribution in [0.1, 0.15) is 29.1 Å². The first-order valence-corrected chi connectivity index (χ1v) is 11.5. The van der Waals surface area contributed by atoms with Gasteiger partial charge in [0.05, 0.1) is 28.1 Å². The van der Waals surface area contributed by atoms with Gasteiger partial charge in [0.25, 0.3) is 5.91 Å². The van der Waals surface area contributed by atoms with E-state index in [-0.39, 0.29) is 22.0 Å². The van der Waals surface area contributed by atoms with Gasteiger partial charge in [0, 0.05) is 11.6 Å². The highest BCUT2D eigenvalue weighted by Gasteiger charge is 2.21. The smallest absolute Gasteiger partial charge is 0.253 e. The van der Waals surface area contributed by atoms with Crippen molar-refractivity contribution in [1.82, 2.24) is 20.1 Å². The number of anilines is 1. The van der Waals surface area contributed by atoms with Gasteiger partial charge in [-0.3, -0.25) is 9.59 Å². The summed E-state index contributed by atoms with van der Waals surface area (Å²) in [7, 11) is 0. The molecule has 0 aliphatic rings. The molecular weight excluding hydrogens is 488 g/mol. The van der Waals surface area contributed by atoms with E-state index in [4.69, 9.17) is 23.2 Å². The summed E-state index contributed by atoms with van der Waals surface area (Å²) in [6.45, 7) is 5.86. The average Bonchev–Trinajstić information content (AvgIpc) is 3.17. The number of hydrogen-bond acceptors (Lipinski definition) is 5. The van der Waals surface area contributed by atoms with Crippen LogP contribution in [-0.4, -0.2) is 32.3 Å². The predicted molar refractivity (Wildman–Crippen MR) is 128 cm³/mol. The molecule has 0 aliphatic heterocycles. The molecule has 3 rings (SSSR count). The SMILES string of the molecule is C=CCn1c(SCC(=O)Nc2ccccc2F)nnc1[C@H](C)NC(=O)c1ccc(Cl)cc1Cl. The number of benzene rings is 2. The van der Waals surface area contributed by atoms with Gasteiger partial charge in [-0.05, 0) is 37.3 Å². The Kier molecular flexibility index (Phi) is 8.49. The van der Waals surface area contributed by atoms with Gasteiger partial charge in [-0.2, -0.15) is 0 Å². The Balaban J connectivity index is 1.69. The first-order chi connectivity index (χ1) is 15.8. The Bertz CT molecular complexity index is 1190. The van der Waals surface area contributed by atoms with E-state index in [1.54, 1.807) is 35.8 Å². The van der Waals surface area contributed by atoms with Gasteiger partial charge in [0.15, 0.2) is 11.0 Å². The molecule has 0 aliphatic carbocycles. The number of para-hydroxylation sites is 1. The molecule has 0 bridgehead atoms. The fourth-order valence-electron chi connectivity index (χ4n) is 2.92. The van der Waals surface area contributed by atoms with E-state index in [1.807, 2.05) is 0 Å². The monoisotopic (exact) mass is 507 g/mol. The highest BCUT2D eigenvalue weighted by atomic mass is 35.5. The number of carbonyl (C=O) groups excluding carboxylic acids is 2. The lowest BCUT2D eigenvalue weighted by molar-refractivity contribution is -0.113. The maximum atomic E-state index is 13.7. The second-order valence-corrected chi connectivity index (χ2v) is 8.66. The summed E-state index contributed by atoms with van der Waals surface area (Å²) in [4.78, 5) is 24.9. The van der Waals surface area contributed by atoms with Crippen LogP contribution in [-0.2, 0) is 11.3 Å². The normalized spacial score (nSPS) is 11.6. The van der Waals surface area contributed by atoms with E-state index in [0.29, 0.717) is 22.5 Å². The molecule has 0 radical (unpaired) electrons. The standard InChI is InChI=1S/C22H20Cl2FN5O2S/c1-3-10-30-20(13(2)26-21(32)15-9-8-14(23)11-16(15)24)28-29-22(30)33-12-19(31)27-18-7-5-4-6-17(18)25/h3-9,11,13H,1,10,12H2,2H3,(H,26,32)(H,27,31)/t13-/m0/s1. The number of rotatable bonds is 9. The molecule has 11 heteroatoms. The molecule has 7 nitrogen and oxygen atoms in total. The van der Waals surface area contributed by atoms with Crippen molar-refractivity contribution in [3.05, 3.63) is 82.4 Å². The lowest BCUT2D eigenvalue weighted by Crippen LogP contribution is -2.29. The topological polar surface area (TPSA) is 88.9 Å². The average molecular weight is 508 g/mol. The van der Waals surface area contributed by atoms with Crippen molar-refractivity contribution in [3.8, 4) is 0 Å². The molecule has 2 N–H and O–H groups in total. The molecule has 1 aromatic heterocycles. The molecule has 0 spiro atoms. The van der Waals surface area contributed by atoms with Crippen molar-refractivity contribution >= 4 is 52.5 Å². The third-order valence-corrected chi connectivity index (χ3v) is 5.96. The lowest BCUT2D eigenvalue weighted by Gasteiger charge is -2.16. The quantitative estimate of drug-likeness (QED) is 0.309. The van der Waals surface area contributed by atoms with E-state index in [9.17, 15) is 14.0 Å². The molecule has 0 saturated heterocycles. The molecule has 172 valence electrons. The summed E-state index contributed by atoms with van der Waals surface area (Å²) >= 11 is 13.1. The molecule has 33 heavy (non-hydrogen) atoms. The highest BCUT2D eigenvalue weighted by Crippen LogP contribution is 2.24. The van der Waals surface area contributed by atoms with Crippen LogP contribution in [0.2, 0.25) is 10.0 Å². The van der Waals surface area contributed by atoms with Crippen LogP contribution in [0.25, 0.3) is 0 Å². The van der Waals surface area contributed by atoms with Gasteiger partial charge in [0.1, 0.15) is 5.82 Å². The zero-order valence-electron chi connectivity index (χ0n) is 17.5. The molecule has 3 aromatic rings. The lowest BCUT2D eigenvalue weighted by atomic mass is 10.2. The number of nitrogens with zero attached hydrogens (tertiary/aromatic N) is 3. The number of allylic oxidation sites excluding steroid dienone is 1. The van der Waals surface area contributed by atoms with E-state index in [1.165, 1.54) is 24.3 Å². The van der Waals surface area contributed by atoms with Crippen molar-refractivity contribution in [2.24, 2.45) is 0 Å². The van der Waals surface area contributed by atoms with Crippen molar-refractivity contribution in [2.75, 3.05) is 11.1 Å². The maximum absolute atomic E-state index is 13.7. The molecule has 1 heterocycles. The van der Waals surface area contributed by atoms with Crippen LogP contribution in [0, 0.1) is 5.82 Å². The van der Waals surface area contributed by atoms with Gasteiger partial charge >= 0.3 is 0 Å². The van der Waals surface area contributed by atoms with Crippen LogP contribution in [0.15, 0.2) is 60.3 Å². The number of aromatic nitrogens is 3.